The standard InChI is InChI=1S/C22H24F7N7O3/c1-12(33-14-10-32-34-18(38)16(14)22(27,28)29)11-39-7-2-15(37)35-3-5-36(6-4-35)19-30-8-13(9-31-19)17-20(23,24)21(17,25)26/h8-10,12,17H,2-7,11H2,1H3,(H2,33,34,38). The Labute approximate surface area is 216 Å². The van der Waals surface area contributed by atoms with Crippen molar-refractivity contribution in [1.29, 1.82) is 0 Å². The summed E-state index contributed by atoms with van der Waals surface area (Å²) < 4.78 is 97.7. The van der Waals surface area contributed by atoms with E-state index in [-0.39, 0.29) is 37.1 Å². The van der Waals surface area contributed by atoms with E-state index in [0.717, 1.165) is 18.6 Å². The minimum Gasteiger partial charge on any atom is -0.379 e. The van der Waals surface area contributed by atoms with Crippen molar-refractivity contribution in [2.24, 2.45) is 0 Å². The molecule has 0 radical (unpaired) electrons. The van der Waals surface area contributed by atoms with Crippen LogP contribution in [0.2, 0.25) is 0 Å². The first-order chi connectivity index (χ1) is 18.2. The lowest BCUT2D eigenvalue weighted by Crippen LogP contribution is -2.49. The van der Waals surface area contributed by atoms with Gasteiger partial charge in [-0.15, -0.1) is 0 Å². The van der Waals surface area contributed by atoms with E-state index in [9.17, 15) is 40.3 Å². The number of aromatic amines is 1. The first-order valence-electron chi connectivity index (χ1n) is 11.8. The van der Waals surface area contributed by atoms with Crippen LogP contribution < -0.4 is 15.8 Å². The summed E-state index contributed by atoms with van der Waals surface area (Å²) in [6.45, 7) is 2.76. The number of aromatic nitrogens is 4. The number of rotatable bonds is 9. The highest BCUT2D eigenvalue weighted by molar-refractivity contribution is 5.76. The van der Waals surface area contributed by atoms with Gasteiger partial charge in [0.1, 0.15) is 11.5 Å². The Morgan fingerprint density at radius 2 is 1.74 bits per heavy atom. The maximum Gasteiger partial charge on any atom is 0.423 e. The molecule has 1 amide bonds. The Balaban J connectivity index is 1.18. The fraction of sp³-hybridized carbons (Fsp3) is 0.591. The molecule has 0 spiro atoms. The number of carbonyl (C=O) groups is 1. The Bertz CT molecular complexity index is 1220. The number of nitrogens with one attached hydrogen (secondary N) is 2. The molecule has 214 valence electrons. The molecule has 0 bridgehead atoms. The SMILES string of the molecule is CC(COCCC(=O)N1CCN(c2ncc(C3C(F)(F)C3(F)F)cn2)CC1)Nc1cn[nH]c(=O)c1C(F)(F)F. The largest absolute Gasteiger partial charge is 0.423 e. The van der Waals surface area contributed by atoms with Gasteiger partial charge in [0.15, 0.2) is 0 Å². The second kappa shape index (κ2) is 10.6. The molecular formula is C22H24F7N7O3. The molecule has 39 heavy (non-hydrogen) atoms. The van der Waals surface area contributed by atoms with E-state index in [2.05, 4.69) is 20.4 Å². The van der Waals surface area contributed by atoms with E-state index in [1.165, 1.54) is 0 Å². The van der Waals surface area contributed by atoms with Crippen LogP contribution in [0.4, 0.5) is 42.4 Å². The van der Waals surface area contributed by atoms with Gasteiger partial charge in [0.05, 0.1) is 31.5 Å². The van der Waals surface area contributed by atoms with Gasteiger partial charge in [-0.05, 0) is 6.92 Å². The number of nitrogens with zero attached hydrogens (tertiary/aromatic N) is 5. The quantitative estimate of drug-likeness (QED) is 0.351. The van der Waals surface area contributed by atoms with Gasteiger partial charge in [-0.25, -0.2) is 15.1 Å². The number of H-pyrrole nitrogens is 1. The van der Waals surface area contributed by atoms with Crippen molar-refractivity contribution in [2.75, 3.05) is 49.6 Å². The molecule has 1 saturated carbocycles. The molecule has 2 aliphatic rings. The van der Waals surface area contributed by atoms with Gasteiger partial charge in [0.25, 0.3) is 5.56 Å². The van der Waals surface area contributed by atoms with E-state index >= 15 is 0 Å². The minimum absolute atomic E-state index is 0.00578. The van der Waals surface area contributed by atoms with E-state index in [1.807, 2.05) is 0 Å². The van der Waals surface area contributed by atoms with E-state index < -0.39 is 46.8 Å². The first kappa shape index (κ1) is 28.5. The van der Waals surface area contributed by atoms with Crippen LogP contribution >= 0.6 is 0 Å². The minimum atomic E-state index is -4.88. The summed E-state index contributed by atoms with van der Waals surface area (Å²) in [6, 6.07) is -0.628. The monoisotopic (exact) mass is 567 g/mol. The molecule has 17 heteroatoms. The number of amides is 1. The summed E-state index contributed by atoms with van der Waals surface area (Å²) in [6.07, 6.45) is -2.08. The van der Waals surface area contributed by atoms with Crippen molar-refractivity contribution in [2.45, 2.75) is 43.3 Å². The molecule has 2 fully saturated rings. The van der Waals surface area contributed by atoms with Crippen LogP contribution in [0.15, 0.2) is 23.4 Å². The van der Waals surface area contributed by atoms with Crippen LogP contribution in [-0.4, -0.2) is 88.3 Å². The lowest BCUT2D eigenvalue weighted by Gasteiger charge is -2.34. The predicted molar refractivity (Wildman–Crippen MR) is 122 cm³/mol. The Kier molecular flexibility index (Phi) is 7.73. The number of piperazine rings is 1. The average molecular weight is 567 g/mol. The highest BCUT2D eigenvalue weighted by Crippen LogP contribution is 2.67. The molecule has 1 unspecified atom stereocenters. The van der Waals surface area contributed by atoms with Crippen molar-refractivity contribution in [1.82, 2.24) is 25.1 Å². The fourth-order valence-corrected chi connectivity index (χ4v) is 4.23. The van der Waals surface area contributed by atoms with Crippen molar-refractivity contribution in [3.63, 3.8) is 0 Å². The second-order valence-corrected chi connectivity index (χ2v) is 9.22. The van der Waals surface area contributed by atoms with Crippen LogP contribution in [0.25, 0.3) is 0 Å². The zero-order valence-corrected chi connectivity index (χ0v) is 20.4. The van der Waals surface area contributed by atoms with Crippen LogP contribution in [0.5, 0.6) is 0 Å². The Hall–Kier alpha value is -3.50. The third-order valence-electron chi connectivity index (χ3n) is 6.36. The van der Waals surface area contributed by atoms with Crippen molar-refractivity contribution < 1.29 is 40.3 Å². The van der Waals surface area contributed by atoms with Gasteiger partial charge in [-0.1, -0.05) is 0 Å². The maximum absolute atomic E-state index is 13.2. The summed E-state index contributed by atoms with van der Waals surface area (Å²) >= 11 is 0. The van der Waals surface area contributed by atoms with E-state index in [0.29, 0.717) is 26.2 Å². The molecule has 2 N–H and O–H groups in total. The molecule has 1 aliphatic carbocycles. The van der Waals surface area contributed by atoms with Gasteiger partial charge in [0, 0.05) is 50.2 Å². The normalized spacial score (nSPS) is 19.6. The van der Waals surface area contributed by atoms with Crippen LogP contribution in [0, 0.1) is 0 Å². The maximum atomic E-state index is 13.2. The number of halogens is 7. The van der Waals surface area contributed by atoms with Gasteiger partial charge >= 0.3 is 18.0 Å². The van der Waals surface area contributed by atoms with E-state index in [4.69, 9.17) is 4.74 Å². The topological polar surface area (TPSA) is 116 Å². The Morgan fingerprint density at radius 3 is 2.31 bits per heavy atom. The summed E-state index contributed by atoms with van der Waals surface area (Å²) in [5, 5.41) is 7.65. The third kappa shape index (κ3) is 5.91. The number of anilines is 2. The molecular weight excluding hydrogens is 543 g/mol. The number of hydrogen-bond donors (Lipinski definition) is 2. The van der Waals surface area contributed by atoms with E-state index in [1.54, 1.807) is 21.8 Å². The number of hydrogen-bond acceptors (Lipinski definition) is 8. The molecule has 4 rings (SSSR count). The third-order valence-corrected chi connectivity index (χ3v) is 6.36. The molecule has 10 nitrogen and oxygen atoms in total. The Morgan fingerprint density at radius 1 is 1.13 bits per heavy atom. The smallest absolute Gasteiger partial charge is 0.379 e. The zero-order chi connectivity index (χ0) is 28.6. The molecule has 2 aromatic rings. The lowest BCUT2D eigenvalue weighted by atomic mass is 10.2. The molecule has 1 atom stereocenters. The zero-order valence-electron chi connectivity index (χ0n) is 20.4. The van der Waals surface area contributed by atoms with Crippen molar-refractivity contribution in [3.05, 3.63) is 40.1 Å². The number of carbonyl (C=O) groups excluding carboxylic acids is 1. The first-order valence-corrected chi connectivity index (χ1v) is 11.8. The molecule has 3 heterocycles. The molecule has 1 aliphatic heterocycles. The summed E-state index contributed by atoms with van der Waals surface area (Å²) in [4.78, 5) is 35.1. The van der Waals surface area contributed by atoms with Crippen LogP contribution in [0.1, 0.15) is 30.4 Å². The van der Waals surface area contributed by atoms with Gasteiger partial charge < -0.3 is 19.9 Å². The van der Waals surface area contributed by atoms with Gasteiger partial charge in [-0.2, -0.15) is 35.8 Å². The predicted octanol–water partition coefficient (Wildman–Crippen LogP) is 2.50. The number of ether oxygens (including phenoxy) is 1. The van der Waals surface area contributed by atoms with Crippen LogP contribution in [-0.2, 0) is 15.7 Å². The number of alkyl halides is 7. The van der Waals surface area contributed by atoms with Crippen molar-refractivity contribution >= 4 is 17.5 Å². The summed E-state index contributed by atoms with van der Waals surface area (Å²) in [7, 11) is 0. The van der Waals surface area contributed by atoms with Crippen LogP contribution in [0.3, 0.4) is 0 Å². The van der Waals surface area contributed by atoms with Gasteiger partial charge in [0.2, 0.25) is 11.9 Å². The molecule has 1 saturated heterocycles. The average Bonchev–Trinajstić information content (AvgIpc) is 3.28. The fourth-order valence-electron chi connectivity index (χ4n) is 4.23. The van der Waals surface area contributed by atoms with Gasteiger partial charge in [-0.3, -0.25) is 9.59 Å². The molecule has 0 aromatic carbocycles. The highest BCUT2D eigenvalue weighted by atomic mass is 19.4. The molecule has 2 aromatic heterocycles. The summed E-state index contributed by atoms with van der Waals surface area (Å²) in [5.74, 6) is -10.5. The van der Waals surface area contributed by atoms with Crippen molar-refractivity contribution in [3.8, 4) is 0 Å². The highest BCUT2D eigenvalue weighted by Gasteiger charge is 2.86. The lowest BCUT2D eigenvalue weighted by molar-refractivity contribution is -0.138. The summed E-state index contributed by atoms with van der Waals surface area (Å²) in [5.41, 5.74) is -3.60. The second-order valence-electron chi connectivity index (χ2n) is 9.22.